The van der Waals surface area contributed by atoms with Gasteiger partial charge in [0.1, 0.15) is 0 Å². The van der Waals surface area contributed by atoms with Crippen molar-refractivity contribution in [1.82, 2.24) is 0 Å². The largest absolute Gasteiger partial charge is 0.380 e. The van der Waals surface area contributed by atoms with Crippen LogP contribution in [-0.2, 0) is 0 Å². The average molecular weight is 287 g/mol. The third-order valence-electron chi connectivity index (χ3n) is 2.81. The van der Waals surface area contributed by atoms with Crippen molar-refractivity contribution in [2.45, 2.75) is 29.7 Å². The topological polar surface area (TPSA) is 12.0 Å². The Hall–Kier alpha value is -0.250. The molecule has 3 atom stereocenters. The lowest BCUT2D eigenvalue weighted by Crippen LogP contribution is -2.27. The third kappa shape index (κ3) is 1.56. The second kappa shape index (κ2) is 3.48. The fourth-order valence-corrected chi connectivity index (χ4v) is 2.84. The van der Waals surface area contributed by atoms with Gasteiger partial charge in [-0.1, -0.05) is 54.6 Å². The number of hydrogen-bond donors (Lipinski definition) is 1. The van der Waals surface area contributed by atoms with Crippen molar-refractivity contribution >= 4 is 28.3 Å². The zero-order valence-electron chi connectivity index (χ0n) is 7.92. The Morgan fingerprint density at radius 2 is 2.08 bits per heavy atom. The van der Waals surface area contributed by atoms with Crippen molar-refractivity contribution in [3.8, 4) is 0 Å². The van der Waals surface area contributed by atoms with Gasteiger partial charge >= 0.3 is 0 Å². The lowest BCUT2D eigenvalue weighted by atomic mass is 9.96. The van der Waals surface area contributed by atoms with Gasteiger partial charge in [0, 0.05) is 21.6 Å². The van der Waals surface area contributed by atoms with Gasteiger partial charge in [-0.25, -0.2) is 0 Å². The normalized spacial score (nSPS) is 27.9. The minimum absolute atomic E-state index is 0.595. The minimum Gasteiger partial charge on any atom is -0.380 e. The first-order chi connectivity index (χ1) is 6.20. The molecule has 0 fully saturated rings. The summed E-state index contributed by atoms with van der Waals surface area (Å²) in [6.07, 6.45) is 0. The van der Waals surface area contributed by atoms with Gasteiger partial charge in [0.15, 0.2) is 0 Å². The predicted octanol–water partition coefficient (Wildman–Crippen LogP) is 3.41. The molecule has 2 heteroatoms. The number of para-hydroxylation sites is 1. The number of nitrogens with one attached hydrogen (secondary N) is 1. The Morgan fingerprint density at radius 3 is 2.69 bits per heavy atom. The van der Waals surface area contributed by atoms with E-state index in [4.69, 9.17) is 0 Å². The van der Waals surface area contributed by atoms with E-state index >= 15 is 0 Å². The van der Waals surface area contributed by atoms with Gasteiger partial charge in [-0.05, 0) is 11.6 Å². The first kappa shape index (κ1) is 9.31. The molecule has 70 valence electrons. The summed E-state index contributed by atoms with van der Waals surface area (Å²) < 4.78 is 0.667. The Kier molecular flexibility index (Phi) is 2.49. The first-order valence-electron chi connectivity index (χ1n) is 4.69. The summed E-state index contributed by atoms with van der Waals surface area (Å²) >= 11 is 2.50. The molecule has 13 heavy (non-hydrogen) atoms. The lowest BCUT2D eigenvalue weighted by Gasteiger charge is -2.19. The van der Waals surface area contributed by atoms with E-state index in [2.05, 4.69) is 66.0 Å². The maximum Gasteiger partial charge on any atom is 0.0443 e. The predicted molar refractivity (Wildman–Crippen MR) is 65.7 cm³/mol. The molecule has 1 aromatic rings. The highest BCUT2D eigenvalue weighted by molar-refractivity contribution is 14.1. The second-order valence-corrected chi connectivity index (χ2v) is 5.69. The number of alkyl halides is 1. The van der Waals surface area contributed by atoms with Crippen LogP contribution in [0.3, 0.4) is 0 Å². The van der Waals surface area contributed by atoms with Crippen molar-refractivity contribution in [1.29, 1.82) is 0 Å². The maximum absolute atomic E-state index is 3.58. The van der Waals surface area contributed by atoms with Crippen LogP contribution in [0.5, 0.6) is 0 Å². The summed E-state index contributed by atoms with van der Waals surface area (Å²) in [5.74, 6) is 0.642. The highest BCUT2D eigenvalue weighted by Gasteiger charge is 2.30. The lowest BCUT2D eigenvalue weighted by molar-refractivity contribution is 0.643. The summed E-state index contributed by atoms with van der Waals surface area (Å²) in [6.45, 7) is 4.57. The van der Waals surface area contributed by atoms with Crippen molar-refractivity contribution < 1.29 is 0 Å². The monoisotopic (exact) mass is 287 g/mol. The van der Waals surface area contributed by atoms with Crippen LogP contribution in [0, 0.1) is 0 Å². The second-order valence-electron chi connectivity index (χ2n) is 3.72. The first-order valence-corrected chi connectivity index (χ1v) is 5.94. The number of benzene rings is 1. The van der Waals surface area contributed by atoms with E-state index in [-0.39, 0.29) is 0 Å². The number of hydrogen-bond acceptors (Lipinski definition) is 1. The molecule has 1 aliphatic rings. The van der Waals surface area contributed by atoms with Gasteiger partial charge in [-0.2, -0.15) is 0 Å². The molecular formula is C11H14IN. The van der Waals surface area contributed by atoms with Crippen LogP contribution >= 0.6 is 22.6 Å². The van der Waals surface area contributed by atoms with Crippen LogP contribution in [-0.4, -0.2) is 9.97 Å². The molecule has 0 saturated carbocycles. The highest BCUT2D eigenvalue weighted by atomic mass is 127. The fraction of sp³-hybridized carbons (Fsp3) is 0.455. The summed E-state index contributed by atoms with van der Waals surface area (Å²) in [4.78, 5) is 0. The Balaban J connectivity index is 2.32. The zero-order chi connectivity index (χ0) is 9.42. The van der Waals surface area contributed by atoms with Crippen molar-refractivity contribution in [2.75, 3.05) is 5.32 Å². The smallest absolute Gasteiger partial charge is 0.0443 e. The van der Waals surface area contributed by atoms with Crippen molar-refractivity contribution in [3.05, 3.63) is 29.8 Å². The van der Waals surface area contributed by atoms with E-state index < -0.39 is 0 Å². The van der Waals surface area contributed by atoms with Gasteiger partial charge in [0.25, 0.3) is 0 Å². The molecule has 0 spiro atoms. The summed E-state index contributed by atoms with van der Waals surface area (Å²) in [5, 5.41) is 3.58. The minimum atomic E-state index is 0.595. The van der Waals surface area contributed by atoms with Crippen LogP contribution in [0.2, 0.25) is 0 Å². The van der Waals surface area contributed by atoms with Crippen molar-refractivity contribution in [3.63, 3.8) is 0 Å². The summed E-state index contributed by atoms with van der Waals surface area (Å²) in [6, 6.07) is 9.21. The number of anilines is 1. The standard InChI is InChI=1S/C11H14IN/c1-7-9-5-3-4-6-10(9)13-11(7)8(2)12/h3-8,11,13H,1-2H3. The fourth-order valence-electron chi connectivity index (χ4n) is 2.04. The van der Waals surface area contributed by atoms with Crippen LogP contribution in [0.4, 0.5) is 5.69 Å². The molecule has 1 heterocycles. The Morgan fingerprint density at radius 1 is 1.38 bits per heavy atom. The van der Waals surface area contributed by atoms with E-state index in [9.17, 15) is 0 Å². The maximum atomic E-state index is 3.58. The third-order valence-corrected chi connectivity index (χ3v) is 3.58. The quantitative estimate of drug-likeness (QED) is 0.616. The van der Waals surface area contributed by atoms with Crippen LogP contribution in [0.1, 0.15) is 25.3 Å². The molecule has 1 aromatic carbocycles. The van der Waals surface area contributed by atoms with E-state index in [0.29, 0.717) is 15.9 Å². The molecular weight excluding hydrogens is 273 g/mol. The molecule has 0 bridgehead atoms. The molecule has 0 amide bonds. The van der Waals surface area contributed by atoms with Crippen LogP contribution in [0.15, 0.2) is 24.3 Å². The molecule has 0 saturated heterocycles. The zero-order valence-corrected chi connectivity index (χ0v) is 10.1. The molecule has 0 aromatic heterocycles. The molecule has 0 aliphatic carbocycles. The van der Waals surface area contributed by atoms with Gasteiger partial charge in [0.05, 0.1) is 0 Å². The van der Waals surface area contributed by atoms with E-state index in [0.717, 1.165) is 0 Å². The van der Waals surface area contributed by atoms with E-state index in [1.807, 2.05) is 0 Å². The number of rotatable bonds is 1. The molecule has 1 nitrogen and oxygen atoms in total. The highest BCUT2D eigenvalue weighted by Crippen LogP contribution is 2.38. The molecule has 1 aliphatic heterocycles. The van der Waals surface area contributed by atoms with E-state index in [1.165, 1.54) is 11.3 Å². The molecule has 1 N–H and O–H groups in total. The van der Waals surface area contributed by atoms with Crippen LogP contribution < -0.4 is 5.32 Å². The van der Waals surface area contributed by atoms with Gasteiger partial charge < -0.3 is 5.32 Å². The SMILES string of the molecule is CC(I)C1Nc2ccccc2C1C. The summed E-state index contributed by atoms with van der Waals surface area (Å²) in [7, 11) is 0. The Bertz CT molecular complexity index is 309. The van der Waals surface area contributed by atoms with Crippen LogP contribution in [0.25, 0.3) is 0 Å². The number of fused-ring (bicyclic) bond motifs is 1. The average Bonchev–Trinajstić information content (AvgIpc) is 2.45. The van der Waals surface area contributed by atoms with E-state index in [1.54, 1.807) is 0 Å². The van der Waals surface area contributed by atoms with Gasteiger partial charge in [0.2, 0.25) is 0 Å². The number of halogens is 1. The summed E-state index contributed by atoms with van der Waals surface area (Å²) in [5.41, 5.74) is 2.79. The van der Waals surface area contributed by atoms with Gasteiger partial charge in [-0.3, -0.25) is 0 Å². The molecule has 0 radical (unpaired) electrons. The molecule has 2 rings (SSSR count). The van der Waals surface area contributed by atoms with Gasteiger partial charge in [-0.15, -0.1) is 0 Å². The molecule has 3 unspecified atom stereocenters. The Labute approximate surface area is 93.1 Å². The van der Waals surface area contributed by atoms with Crippen molar-refractivity contribution in [2.24, 2.45) is 0 Å².